The molecule has 8 heteroatoms. The van der Waals surface area contributed by atoms with Crippen LogP contribution in [0.5, 0.6) is 0 Å². The molecule has 116 valence electrons. The first kappa shape index (κ1) is 15.3. The van der Waals surface area contributed by atoms with Crippen LogP contribution in [0.3, 0.4) is 0 Å². The normalized spacial score (nSPS) is 10.7. The van der Waals surface area contributed by atoms with Gasteiger partial charge in [-0.15, -0.1) is 4.91 Å². The van der Waals surface area contributed by atoms with Gasteiger partial charge in [0, 0.05) is 22.2 Å². The summed E-state index contributed by atoms with van der Waals surface area (Å²) in [6.07, 6.45) is 0. The first-order valence-corrected chi connectivity index (χ1v) is 7.25. The molecule has 0 aliphatic heterocycles. The maximum atomic E-state index is 14.1. The van der Waals surface area contributed by atoms with E-state index in [1.165, 1.54) is 23.8 Å². The summed E-state index contributed by atoms with van der Waals surface area (Å²) in [6, 6.07) is 7.59. The van der Waals surface area contributed by atoms with E-state index in [0.717, 1.165) is 0 Å². The fourth-order valence-electron chi connectivity index (χ4n) is 2.10. The smallest absolute Gasteiger partial charge is 0.202 e. The number of methoxy groups -OCH3 is 1. The third kappa shape index (κ3) is 2.72. The topological polar surface area (TPSA) is 68.8 Å². The minimum Gasteiger partial charge on any atom is -0.495 e. The third-order valence-electron chi connectivity index (χ3n) is 3.24. The monoisotopic (exact) mass is 376 g/mol. The van der Waals surface area contributed by atoms with Crippen molar-refractivity contribution in [3.8, 4) is 11.3 Å². The molecule has 0 amide bonds. The van der Waals surface area contributed by atoms with E-state index < -0.39 is 5.82 Å². The van der Waals surface area contributed by atoms with Gasteiger partial charge in [0.25, 0.3) is 0 Å². The fraction of sp³-hybridized carbons (Fsp3) is 0.0667. The molecule has 2 heterocycles. The average molecular weight is 377 g/mol. The van der Waals surface area contributed by atoms with Crippen molar-refractivity contribution in [3.05, 3.63) is 57.8 Å². The second-order valence-electron chi connectivity index (χ2n) is 4.64. The molecule has 0 unspecified atom stereocenters. The van der Waals surface area contributed by atoms with Gasteiger partial charge in [-0.05, 0) is 23.4 Å². The molecule has 0 atom stereocenters. The van der Waals surface area contributed by atoms with Gasteiger partial charge in [0.15, 0.2) is 5.65 Å². The van der Waals surface area contributed by atoms with Crippen molar-refractivity contribution in [2.75, 3.05) is 7.11 Å². The van der Waals surface area contributed by atoms with E-state index in [2.05, 4.69) is 37.8 Å². The van der Waals surface area contributed by atoms with Gasteiger partial charge in [-0.1, -0.05) is 22.5 Å². The van der Waals surface area contributed by atoms with Crippen molar-refractivity contribution in [1.29, 1.82) is 0 Å². The maximum absolute atomic E-state index is 14.1. The molecule has 0 aliphatic carbocycles. The first-order valence-electron chi connectivity index (χ1n) is 6.46. The summed E-state index contributed by atoms with van der Waals surface area (Å²) < 4.78 is 21.0. The molecule has 3 aromatic rings. The predicted octanol–water partition coefficient (Wildman–Crippen LogP) is 4.31. The highest BCUT2D eigenvalue weighted by atomic mass is 79.9. The molecule has 0 radical (unpaired) electrons. The molecule has 2 aromatic heterocycles. The van der Waals surface area contributed by atoms with E-state index in [-0.39, 0.29) is 11.6 Å². The van der Waals surface area contributed by atoms with Crippen LogP contribution in [0.25, 0.3) is 22.7 Å². The number of halogens is 2. The molecule has 0 saturated carbocycles. The number of nitrogens with zero attached hydrogens (tertiary/aromatic N) is 4. The zero-order valence-corrected chi connectivity index (χ0v) is 13.5. The van der Waals surface area contributed by atoms with Gasteiger partial charge >= 0.3 is 0 Å². The molecule has 0 bridgehead atoms. The number of hydrogen-bond donors (Lipinski definition) is 0. The predicted molar refractivity (Wildman–Crippen MR) is 87.6 cm³/mol. The zero-order chi connectivity index (χ0) is 16.6. The molecule has 0 aliphatic rings. The second kappa shape index (κ2) is 5.88. The van der Waals surface area contributed by atoms with Crippen LogP contribution in [0.15, 0.2) is 46.6 Å². The van der Waals surface area contributed by atoms with Crippen LogP contribution in [0, 0.1) is 10.7 Å². The summed E-state index contributed by atoms with van der Waals surface area (Å²) >= 11 is 3.20. The Bertz CT molecular complexity index is 939. The highest BCUT2D eigenvalue weighted by molar-refractivity contribution is 9.10. The van der Waals surface area contributed by atoms with Crippen LogP contribution >= 0.6 is 15.9 Å². The Labute approximate surface area is 138 Å². The Morgan fingerprint density at radius 2 is 2.17 bits per heavy atom. The van der Waals surface area contributed by atoms with Crippen LogP contribution in [-0.2, 0) is 4.74 Å². The van der Waals surface area contributed by atoms with Crippen molar-refractivity contribution in [3.63, 3.8) is 0 Å². The summed E-state index contributed by atoms with van der Waals surface area (Å²) in [7, 11) is 1.45. The Morgan fingerprint density at radius 3 is 2.83 bits per heavy atom. The van der Waals surface area contributed by atoms with E-state index in [9.17, 15) is 9.30 Å². The van der Waals surface area contributed by atoms with Crippen molar-refractivity contribution in [2.24, 2.45) is 5.18 Å². The lowest BCUT2D eigenvalue weighted by Gasteiger charge is -2.04. The van der Waals surface area contributed by atoms with Gasteiger partial charge in [0.1, 0.15) is 17.3 Å². The quantitative estimate of drug-likeness (QED) is 0.502. The van der Waals surface area contributed by atoms with Gasteiger partial charge < -0.3 is 4.74 Å². The van der Waals surface area contributed by atoms with E-state index >= 15 is 0 Å². The Kier molecular flexibility index (Phi) is 3.91. The van der Waals surface area contributed by atoms with Gasteiger partial charge in [0.2, 0.25) is 5.82 Å². The molecular formula is C15H10BrFN4O2. The molecule has 23 heavy (non-hydrogen) atoms. The molecule has 1 aromatic carbocycles. The van der Waals surface area contributed by atoms with Crippen LogP contribution in [0.4, 0.5) is 10.2 Å². The number of aromatic nitrogens is 3. The van der Waals surface area contributed by atoms with Crippen LogP contribution in [0.2, 0.25) is 0 Å². The van der Waals surface area contributed by atoms with Crippen molar-refractivity contribution >= 4 is 33.2 Å². The molecule has 6 nitrogen and oxygen atoms in total. The van der Waals surface area contributed by atoms with Crippen molar-refractivity contribution < 1.29 is 9.13 Å². The molecule has 0 N–H and O–H groups in total. The van der Waals surface area contributed by atoms with E-state index in [0.29, 0.717) is 27.1 Å². The highest BCUT2D eigenvalue weighted by Gasteiger charge is 2.15. The van der Waals surface area contributed by atoms with E-state index in [4.69, 9.17) is 4.74 Å². The molecule has 3 rings (SSSR count). The standard InChI is InChI=1S/C15H10BrFN4O2/c1-8(23-2)12-6-15(20-22)21-14(18-12)7-13(19-21)10-4-3-9(16)5-11(10)17/h3-7H,1H2,2H3. The molecular weight excluding hydrogens is 367 g/mol. The Hall–Kier alpha value is -2.61. The van der Waals surface area contributed by atoms with Gasteiger partial charge in [-0.3, -0.25) is 0 Å². The summed E-state index contributed by atoms with van der Waals surface area (Å²) in [5.41, 5.74) is 1.33. The van der Waals surface area contributed by atoms with E-state index in [1.807, 2.05) is 0 Å². The van der Waals surface area contributed by atoms with E-state index in [1.54, 1.807) is 18.2 Å². The molecule has 0 fully saturated rings. The third-order valence-corrected chi connectivity index (χ3v) is 3.73. The van der Waals surface area contributed by atoms with Crippen molar-refractivity contribution in [1.82, 2.24) is 14.6 Å². The van der Waals surface area contributed by atoms with Gasteiger partial charge in [-0.2, -0.15) is 9.61 Å². The summed E-state index contributed by atoms with van der Waals surface area (Å²) in [4.78, 5) is 15.3. The fourth-order valence-corrected chi connectivity index (χ4v) is 2.43. The van der Waals surface area contributed by atoms with Gasteiger partial charge in [0.05, 0.1) is 12.8 Å². The summed E-state index contributed by atoms with van der Waals surface area (Å²) in [5, 5.41) is 7.14. The number of fused-ring (bicyclic) bond motifs is 1. The molecule has 0 spiro atoms. The lowest BCUT2D eigenvalue weighted by atomic mass is 10.1. The van der Waals surface area contributed by atoms with Crippen LogP contribution < -0.4 is 0 Å². The zero-order valence-electron chi connectivity index (χ0n) is 12.0. The SMILES string of the molecule is C=C(OC)c1cc(N=O)n2nc(-c3ccc(Br)cc3F)cc2n1. The largest absolute Gasteiger partial charge is 0.495 e. The van der Waals surface area contributed by atoms with Gasteiger partial charge in [-0.25, -0.2) is 9.37 Å². The lowest BCUT2D eigenvalue weighted by molar-refractivity contribution is 0.369. The Morgan fingerprint density at radius 1 is 1.39 bits per heavy atom. The number of nitroso groups, excluding NO2 is 1. The average Bonchev–Trinajstić information content (AvgIpc) is 2.96. The first-order chi connectivity index (χ1) is 11.0. The minimum atomic E-state index is -0.440. The molecule has 0 saturated heterocycles. The second-order valence-corrected chi connectivity index (χ2v) is 5.56. The highest BCUT2D eigenvalue weighted by Crippen LogP contribution is 2.28. The minimum absolute atomic E-state index is 0.0203. The Balaban J connectivity index is 2.21. The summed E-state index contributed by atoms with van der Waals surface area (Å²) in [5.74, 6) is -0.133. The summed E-state index contributed by atoms with van der Waals surface area (Å²) in [6.45, 7) is 3.69. The van der Waals surface area contributed by atoms with Crippen LogP contribution in [0.1, 0.15) is 5.69 Å². The number of ether oxygens (including phenoxy) is 1. The number of hydrogen-bond acceptors (Lipinski definition) is 5. The number of rotatable bonds is 4. The maximum Gasteiger partial charge on any atom is 0.202 e. The van der Waals surface area contributed by atoms with Crippen molar-refractivity contribution in [2.45, 2.75) is 0 Å². The number of benzene rings is 1. The lowest BCUT2D eigenvalue weighted by Crippen LogP contribution is -1.97. The van der Waals surface area contributed by atoms with Crippen LogP contribution in [-0.4, -0.2) is 21.7 Å².